The van der Waals surface area contributed by atoms with Crippen molar-refractivity contribution in [3.05, 3.63) is 0 Å². The quantitative estimate of drug-likeness (QED) is 0.508. The molecule has 0 saturated carbocycles. The number of nitrogens with one attached hydrogen (secondary N) is 2. The maximum absolute atomic E-state index is 4.37. The van der Waals surface area contributed by atoms with Crippen molar-refractivity contribution in [2.24, 2.45) is 5.41 Å². The van der Waals surface area contributed by atoms with Gasteiger partial charge in [-0.3, -0.25) is 10.6 Å². The van der Waals surface area contributed by atoms with Crippen LogP contribution < -0.4 is 10.6 Å². The first kappa shape index (κ1) is 11.6. The summed E-state index contributed by atoms with van der Waals surface area (Å²) in [6.45, 7) is 8.55. The minimum atomic E-state index is -0.171. The van der Waals surface area contributed by atoms with Crippen LogP contribution in [-0.2, 0) is 0 Å². The summed E-state index contributed by atoms with van der Waals surface area (Å²) in [6.07, 6.45) is 0. The summed E-state index contributed by atoms with van der Waals surface area (Å²) in [6, 6.07) is 0. The van der Waals surface area contributed by atoms with Crippen molar-refractivity contribution in [3.63, 3.8) is 0 Å². The fourth-order valence-electron chi connectivity index (χ4n) is 0.948. The Balaban J connectivity index is 0.000001000. The number of hydrogen-bond donors (Lipinski definition) is 3. The van der Waals surface area contributed by atoms with Crippen molar-refractivity contribution in [3.8, 4) is 0 Å². The highest BCUT2D eigenvalue weighted by Gasteiger charge is 2.30. The molecular formula is C7H17ClN2S. The van der Waals surface area contributed by atoms with E-state index in [2.05, 4.69) is 37.1 Å². The van der Waals surface area contributed by atoms with Gasteiger partial charge in [0.2, 0.25) is 0 Å². The van der Waals surface area contributed by atoms with Gasteiger partial charge in [0.15, 0.2) is 0 Å². The van der Waals surface area contributed by atoms with Crippen LogP contribution >= 0.6 is 25.0 Å². The molecule has 1 saturated heterocycles. The molecule has 0 aromatic rings. The van der Waals surface area contributed by atoms with E-state index in [0.717, 1.165) is 13.1 Å². The standard InChI is InChI=1S/C7H16N2S.ClH/c1-6(2)4-8-7(3,10)9-5-6;/h8-10H,4-5H2,1-3H3;1H. The molecule has 11 heavy (non-hydrogen) atoms. The van der Waals surface area contributed by atoms with Gasteiger partial charge in [-0.05, 0) is 12.3 Å². The lowest BCUT2D eigenvalue weighted by molar-refractivity contribution is 0.210. The Kier molecular flexibility index (Phi) is 3.70. The zero-order valence-electron chi connectivity index (χ0n) is 7.27. The number of hydrogen-bond acceptors (Lipinski definition) is 3. The van der Waals surface area contributed by atoms with Crippen LogP contribution in [0.3, 0.4) is 0 Å². The predicted molar refractivity (Wildman–Crippen MR) is 54.4 cm³/mol. The fourth-order valence-corrected chi connectivity index (χ4v) is 1.11. The van der Waals surface area contributed by atoms with E-state index < -0.39 is 0 Å². The summed E-state index contributed by atoms with van der Waals surface area (Å²) in [7, 11) is 0. The van der Waals surface area contributed by atoms with E-state index >= 15 is 0 Å². The fraction of sp³-hybridized carbons (Fsp3) is 1.00. The van der Waals surface area contributed by atoms with Gasteiger partial charge in [0, 0.05) is 13.1 Å². The molecule has 0 aromatic heterocycles. The Labute approximate surface area is 80.3 Å². The Hall–Kier alpha value is 0.560. The van der Waals surface area contributed by atoms with Crippen LogP contribution in [0.5, 0.6) is 0 Å². The zero-order valence-corrected chi connectivity index (χ0v) is 8.98. The van der Waals surface area contributed by atoms with Gasteiger partial charge < -0.3 is 0 Å². The van der Waals surface area contributed by atoms with Crippen molar-refractivity contribution in [2.45, 2.75) is 25.8 Å². The van der Waals surface area contributed by atoms with Crippen molar-refractivity contribution in [1.82, 2.24) is 10.6 Å². The third-order valence-corrected chi connectivity index (χ3v) is 2.14. The third kappa shape index (κ3) is 3.65. The highest BCUT2D eigenvalue weighted by molar-refractivity contribution is 7.81. The minimum Gasteiger partial charge on any atom is -0.291 e. The lowest BCUT2D eigenvalue weighted by Gasteiger charge is -2.40. The van der Waals surface area contributed by atoms with E-state index in [4.69, 9.17) is 0 Å². The highest BCUT2D eigenvalue weighted by Crippen LogP contribution is 2.20. The van der Waals surface area contributed by atoms with Gasteiger partial charge in [-0.15, -0.1) is 25.0 Å². The smallest absolute Gasteiger partial charge is 0.111 e. The van der Waals surface area contributed by atoms with Crippen LogP contribution in [0.1, 0.15) is 20.8 Å². The Morgan fingerprint density at radius 2 is 1.45 bits per heavy atom. The molecule has 0 spiro atoms. The molecule has 1 rings (SSSR count). The number of thiol groups is 1. The molecule has 1 aliphatic heterocycles. The zero-order chi connectivity index (χ0) is 7.83. The second-order valence-electron chi connectivity index (χ2n) is 3.94. The number of halogens is 1. The van der Waals surface area contributed by atoms with Gasteiger partial charge in [-0.1, -0.05) is 13.8 Å². The van der Waals surface area contributed by atoms with Crippen molar-refractivity contribution >= 4 is 25.0 Å². The van der Waals surface area contributed by atoms with Crippen LogP contribution in [0.4, 0.5) is 0 Å². The SMILES string of the molecule is CC1(C)CNC(C)(S)NC1.Cl. The first-order valence-corrected chi connectivity index (χ1v) is 4.09. The molecule has 4 heteroatoms. The largest absolute Gasteiger partial charge is 0.291 e. The highest BCUT2D eigenvalue weighted by atomic mass is 35.5. The van der Waals surface area contributed by atoms with Gasteiger partial charge in [0.25, 0.3) is 0 Å². The summed E-state index contributed by atoms with van der Waals surface area (Å²) >= 11 is 4.37. The topological polar surface area (TPSA) is 24.1 Å². The molecule has 1 aliphatic rings. The first-order valence-electron chi connectivity index (χ1n) is 3.64. The van der Waals surface area contributed by atoms with E-state index in [1.807, 2.05) is 6.92 Å². The Bertz CT molecular complexity index is 108. The van der Waals surface area contributed by atoms with Gasteiger partial charge in [-0.25, -0.2) is 0 Å². The molecule has 2 N–H and O–H groups in total. The molecule has 0 aromatic carbocycles. The summed E-state index contributed by atoms with van der Waals surface area (Å²) < 4.78 is 0. The summed E-state index contributed by atoms with van der Waals surface area (Å²) in [5, 5.41) is 6.60. The van der Waals surface area contributed by atoms with Crippen LogP contribution in [-0.4, -0.2) is 18.1 Å². The molecule has 0 aliphatic carbocycles. The molecule has 0 bridgehead atoms. The lowest BCUT2D eigenvalue weighted by atomic mass is 9.91. The van der Waals surface area contributed by atoms with Gasteiger partial charge >= 0.3 is 0 Å². The van der Waals surface area contributed by atoms with E-state index in [9.17, 15) is 0 Å². The molecule has 0 unspecified atom stereocenters. The Morgan fingerprint density at radius 3 is 1.73 bits per heavy atom. The minimum absolute atomic E-state index is 0. The second-order valence-corrected chi connectivity index (χ2v) is 4.84. The molecule has 0 amide bonds. The molecule has 68 valence electrons. The van der Waals surface area contributed by atoms with E-state index in [0.29, 0.717) is 5.41 Å². The molecular weight excluding hydrogens is 180 g/mol. The van der Waals surface area contributed by atoms with Gasteiger partial charge in [0.05, 0.1) is 0 Å². The third-order valence-electron chi connectivity index (χ3n) is 1.82. The van der Waals surface area contributed by atoms with Gasteiger partial charge in [0.1, 0.15) is 4.99 Å². The lowest BCUT2D eigenvalue weighted by Crippen LogP contribution is -2.61. The van der Waals surface area contributed by atoms with Crippen LogP contribution in [0.15, 0.2) is 0 Å². The average molecular weight is 197 g/mol. The van der Waals surface area contributed by atoms with Crippen LogP contribution in [0.25, 0.3) is 0 Å². The molecule has 0 atom stereocenters. The van der Waals surface area contributed by atoms with E-state index in [1.54, 1.807) is 0 Å². The van der Waals surface area contributed by atoms with Gasteiger partial charge in [-0.2, -0.15) is 0 Å². The molecule has 1 heterocycles. The summed E-state index contributed by atoms with van der Waals surface area (Å²) in [4.78, 5) is -0.171. The summed E-state index contributed by atoms with van der Waals surface area (Å²) in [5.41, 5.74) is 0.363. The first-order chi connectivity index (χ1) is 4.41. The molecule has 0 radical (unpaired) electrons. The number of rotatable bonds is 0. The maximum Gasteiger partial charge on any atom is 0.111 e. The predicted octanol–water partition coefficient (Wildman–Crippen LogP) is 1.23. The van der Waals surface area contributed by atoms with E-state index in [-0.39, 0.29) is 17.4 Å². The summed E-state index contributed by atoms with van der Waals surface area (Å²) in [5.74, 6) is 0. The average Bonchev–Trinajstić information content (AvgIpc) is 1.79. The van der Waals surface area contributed by atoms with Crippen molar-refractivity contribution < 1.29 is 0 Å². The monoisotopic (exact) mass is 196 g/mol. The van der Waals surface area contributed by atoms with Crippen LogP contribution in [0.2, 0.25) is 0 Å². The second kappa shape index (κ2) is 3.52. The van der Waals surface area contributed by atoms with Crippen molar-refractivity contribution in [2.75, 3.05) is 13.1 Å². The van der Waals surface area contributed by atoms with E-state index in [1.165, 1.54) is 0 Å². The van der Waals surface area contributed by atoms with Crippen molar-refractivity contribution in [1.29, 1.82) is 0 Å². The molecule has 2 nitrogen and oxygen atoms in total. The maximum atomic E-state index is 4.37. The normalized spacial score (nSPS) is 27.3. The van der Waals surface area contributed by atoms with Crippen LogP contribution in [0, 0.1) is 5.41 Å². The molecule has 1 fully saturated rings. The Morgan fingerprint density at radius 1 is 1.09 bits per heavy atom.